The zero-order chi connectivity index (χ0) is 8.39. The van der Waals surface area contributed by atoms with E-state index in [1.807, 2.05) is 0 Å². The van der Waals surface area contributed by atoms with Gasteiger partial charge in [0.25, 0.3) is 0 Å². The summed E-state index contributed by atoms with van der Waals surface area (Å²) < 4.78 is 1.02. The van der Waals surface area contributed by atoms with Crippen LogP contribution in [-0.2, 0) is 0 Å². The summed E-state index contributed by atoms with van der Waals surface area (Å²) in [6, 6.07) is 3.26. The van der Waals surface area contributed by atoms with Gasteiger partial charge in [0.15, 0.2) is 5.82 Å². The second-order valence-corrected chi connectivity index (χ2v) is 2.00. The minimum absolute atomic E-state index is 0.344. The van der Waals surface area contributed by atoms with Gasteiger partial charge in [-0.15, -0.1) is 9.78 Å². The molecular weight excluding hydrogens is 160 g/mol. The molecule has 1 N–H and O–H groups in total. The summed E-state index contributed by atoms with van der Waals surface area (Å²) in [6.45, 7) is 0. The molecule has 0 saturated carbocycles. The number of H-pyrrole nitrogens is 1. The van der Waals surface area contributed by atoms with Crippen molar-refractivity contribution in [3.05, 3.63) is 28.8 Å². The van der Waals surface area contributed by atoms with Crippen LogP contribution in [0.25, 0.3) is 5.82 Å². The third-order valence-electron chi connectivity index (χ3n) is 1.25. The van der Waals surface area contributed by atoms with Crippen LogP contribution in [-0.4, -0.2) is 30.4 Å². The van der Waals surface area contributed by atoms with Crippen LogP contribution in [0.5, 0.6) is 0 Å². The lowest BCUT2D eigenvalue weighted by molar-refractivity contribution is 0.744. The predicted molar refractivity (Wildman–Crippen MR) is 37.6 cm³/mol. The van der Waals surface area contributed by atoms with Crippen molar-refractivity contribution in [1.82, 2.24) is 30.4 Å². The van der Waals surface area contributed by atoms with E-state index in [1.54, 1.807) is 12.1 Å². The molecule has 60 valence electrons. The van der Waals surface area contributed by atoms with Gasteiger partial charge in [0.1, 0.15) is 0 Å². The van der Waals surface area contributed by atoms with E-state index in [2.05, 4.69) is 25.7 Å². The Morgan fingerprint density at radius 2 is 2.42 bits per heavy atom. The second-order valence-electron chi connectivity index (χ2n) is 2.00. The van der Waals surface area contributed by atoms with Gasteiger partial charge in [0.05, 0.1) is 0 Å². The number of hydrogen-bond donors (Lipinski definition) is 1. The van der Waals surface area contributed by atoms with Gasteiger partial charge in [0, 0.05) is 6.20 Å². The largest absolute Gasteiger partial charge is 0.367 e. The van der Waals surface area contributed by atoms with E-state index in [0.29, 0.717) is 5.82 Å². The Labute approximate surface area is 66.0 Å². The monoisotopic (exact) mass is 164 g/mol. The Morgan fingerprint density at radius 3 is 3.00 bits per heavy atom. The SMILES string of the molecule is O=c1[nH]nnn1-c1cccnn1. The maximum atomic E-state index is 10.9. The van der Waals surface area contributed by atoms with E-state index in [9.17, 15) is 4.79 Å². The molecule has 2 heterocycles. The van der Waals surface area contributed by atoms with Crippen LogP contribution < -0.4 is 5.69 Å². The highest BCUT2D eigenvalue weighted by Gasteiger charge is 2.01. The first-order chi connectivity index (χ1) is 5.88. The van der Waals surface area contributed by atoms with E-state index in [1.165, 1.54) is 6.20 Å². The van der Waals surface area contributed by atoms with Crippen molar-refractivity contribution in [2.75, 3.05) is 0 Å². The third-order valence-corrected chi connectivity index (χ3v) is 1.25. The summed E-state index contributed by atoms with van der Waals surface area (Å²) in [6.07, 6.45) is 1.51. The molecule has 12 heavy (non-hydrogen) atoms. The standard InChI is InChI=1S/C5H4N6O/c12-5-8-9-10-11(5)4-2-1-3-6-7-4/h1-3H,(H,8,10,12). The maximum absolute atomic E-state index is 10.9. The number of hydrogen-bond acceptors (Lipinski definition) is 5. The van der Waals surface area contributed by atoms with Gasteiger partial charge in [-0.05, 0) is 22.6 Å². The molecule has 0 aliphatic carbocycles. The predicted octanol–water partition coefficient (Wildman–Crippen LogP) is -1.25. The molecule has 0 spiro atoms. The number of aromatic amines is 1. The topological polar surface area (TPSA) is 89.4 Å². The fourth-order valence-corrected chi connectivity index (χ4v) is 0.754. The fraction of sp³-hybridized carbons (Fsp3) is 0. The fourth-order valence-electron chi connectivity index (χ4n) is 0.754. The van der Waals surface area contributed by atoms with E-state index in [4.69, 9.17) is 0 Å². The summed E-state index contributed by atoms with van der Waals surface area (Å²) in [5, 5.41) is 16.2. The Hall–Kier alpha value is -2.05. The quantitative estimate of drug-likeness (QED) is 0.568. The molecule has 0 fully saturated rings. The number of nitrogens with one attached hydrogen (secondary N) is 1. The molecule has 0 aliphatic rings. The van der Waals surface area contributed by atoms with Crippen molar-refractivity contribution in [2.24, 2.45) is 0 Å². The van der Waals surface area contributed by atoms with Crippen molar-refractivity contribution in [3.8, 4) is 5.82 Å². The van der Waals surface area contributed by atoms with Crippen molar-refractivity contribution in [3.63, 3.8) is 0 Å². The zero-order valence-electron chi connectivity index (χ0n) is 5.88. The van der Waals surface area contributed by atoms with E-state index >= 15 is 0 Å². The third kappa shape index (κ3) is 0.965. The molecular formula is C5H4N6O. The summed E-state index contributed by atoms with van der Waals surface area (Å²) in [5.41, 5.74) is -0.435. The van der Waals surface area contributed by atoms with Crippen LogP contribution in [0.4, 0.5) is 0 Å². The summed E-state index contributed by atoms with van der Waals surface area (Å²) in [5.74, 6) is 0.344. The number of aromatic nitrogens is 6. The molecule has 0 atom stereocenters. The second kappa shape index (κ2) is 2.53. The lowest BCUT2D eigenvalue weighted by atomic mass is 10.5. The van der Waals surface area contributed by atoms with Gasteiger partial charge in [0.2, 0.25) is 0 Å². The Kier molecular flexibility index (Phi) is 1.40. The average molecular weight is 164 g/mol. The van der Waals surface area contributed by atoms with Crippen molar-refractivity contribution >= 4 is 0 Å². The Morgan fingerprint density at radius 1 is 1.50 bits per heavy atom. The van der Waals surface area contributed by atoms with E-state index in [0.717, 1.165) is 4.68 Å². The molecule has 2 rings (SSSR count). The summed E-state index contributed by atoms with van der Waals surface area (Å²) in [4.78, 5) is 10.9. The van der Waals surface area contributed by atoms with E-state index < -0.39 is 5.69 Å². The first-order valence-corrected chi connectivity index (χ1v) is 3.16. The first kappa shape index (κ1) is 6.65. The first-order valence-electron chi connectivity index (χ1n) is 3.16. The molecule has 0 saturated heterocycles. The van der Waals surface area contributed by atoms with Crippen molar-refractivity contribution < 1.29 is 0 Å². The Bertz CT molecular complexity index is 417. The van der Waals surface area contributed by atoms with Gasteiger partial charge >= 0.3 is 5.69 Å². The minimum Gasteiger partial charge on any atom is -0.244 e. The number of tetrazole rings is 1. The molecule has 0 radical (unpaired) electrons. The smallest absolute Gasteiger partial charge is 0.244 e. The van der Waals surface area contributed by atoms with Crippen LogP contribution >= 0.6 is 0 Å². The molecule has 2 aromatic heterocycles. The lowest BCUT2D eigenvalue weighted by Crippen LogP contribution is -2.17. The Balaban J connectivity index is 2.59. The molecule has 0 aliphatic heterocycles. The highest BCUT2D eigenvalue weighted by molar-refractivity contribution is 5.15. The molecule has 0 aromatic carbocycles. The summed E-state index contributed by atoms with van der Waals surface area (Å²) in [7, 11) is 0. The van der Waals surface area contributed by atoms with Gasteiger partial charge in [-0.1, -0.05) is 0 Å². The maximum Gasteiger partial charge on any atom is 0.367 e. The van der Waals surface area contributed by atoms with Crippen molar-refractivity contribution in [1.29, 1.82) is 0 Å². The molecule has 7 nitrogen and oxygen atoms in total. The van der Waals surface area contributed by atoms with Gasteiger partial charge in [-0.2, -0.15) is 5.10 Å². The molecule has 7 heteroatoms. The average Bonchev–Trinajstić information content (AvgIpc) is 2.53. The van der Waals surface area contributed by atoms with Crippen LogP contribution in [0.2, 0.25) is 0 Å². The molecule has 2 aromatic rings. The van der Waals surface area contributed by atoms with E-state index in [-0.39, 0.29) is 0 Å². The zero-order valence-corrected chi connectivity index (χ0v) is 5.88. The molecule has 0 unspecified atom stereocenters. The number of nitrogens with zero attached hydrogens (tertiary/aromatic N) is 5. The molecule has 0 bridgehead atoms. The van der Waals surface area contributed by atoms with Crippen LogP contribution in [0.3, 0.4) is 0 Å². The van der Waals surface area contributed by atoms with Gasteiger partial charge < -0.3 is 0 Å². The highest BCUT2D eigenvalue weighted by atomic mass is 16.2. The molecule has 0 amide bonds. The van der Waals surface area contributed by atoms with Crippen LogP contribution in [0.1, 0.15) is 0 Å². The number of rotatable bonds is 1. The lowest BCUT2D eigenvalue weighted by Gasteiger charge is -1.91. The van der Waals surface area contributed by atoms with Crippen LogP contribution in [0, 0.1) is 0 Å². The highest BCUT2D eigenvalue weighted by Crippen LogP contribution is 1.91. The normalized spacial score (nSPS) is 10.0. The van der Waals surface area contributed by atoms with Crippen molar-refractivity contribution in [2.45, 2.75) is 0 Å². The van der Waals surface area contributed by atoms with Gasteiger partial charge in [-0.3, -0.25) is 0 Å². The minimum atomic E-state index is -0.435. The van der Waals surface area contributed by atoms with Gasteiger partial charge in [-0.25, -0.2) is 9.89 Å². The van der Waals surface area contributed by atoms with Crippen LogP contribution in [0.15, 0.2) is 23.1 Å². The summed E-state index contributed by atoms with van der Waals surface area (Å²) >= 11 is 0.